The molecule has 0 bridgehead atoms. The quantitative estimate of drug-likeness (QED) is 0.786. The van der Waals surface area contributed by atoms with Crippen molar-refractivity contribution in [2.45, 2.75) is 5.33 Å². The number of halogens is 2. The van der Waals surface area contributed by atoms with Crippen LogP contribution in [0.25, 0.3) is 11.3 Å². The van der Waals surface area contributed by atoms with Gasteiger partial charge in [-0.25, -0.2) is 4.39 Å². The zero-order chi connectivity index (χ0) is 9.97. The fourth-order valence-corrected chi connectivity index (χ4v) is 1.68. The van der Waals surface area contributed by atoms with Crippen molar-refractivity contribution in [2.24, 2.45) is 0 Å². The van der Waals surface area contributed by atoms with Crippen LogP contribution in [0.15, 0.2) is 36.5 Å². The molecule has 2 aromatic rings. The van der Waals surface area contributed by atoms with Crippen molar-refractivity contribution in [3.63, 3.8) is 0 Å². The van der Waals surface area contributed by atoms with E-state index in [1.165, 1.54) is 6.07 Å². The van der Waals surface area contributed by atoms with E-state index >= 15 is 0 Å². The van der Waals surface area contributed by atoms with Crippen LogP contribution >= 0.6 is 15.9 Å². The van der Waals surface area contributed by atoms with Crippen LogP contribution in [0.1, 0.15) is 5.56 Å². The van der Waals surface area contributed by atoms with E-state index in [0.29, 0.717) is 5.56 Å². The molecule has 1 N–H and O–H groups in total. The number of rotatable bonds is 2. The monoisotopic (exact) mass is 253 g/mol. The smallest absolute Gasteiger partial charge is 0.132 e. The maximum absolute atomic E-state index is 13.4. The average Bonchev–Trinajstić information content (AvgIpc) is 2.67. The molecule has 0 fully saturated rings. The van der Waals surface area contributed by atoms with E-state index in [-0.39, 0.29) is 5.82 Å². The number of aromatic nitrogens is 1. The molecular weight excluding hydrogens is 245 g/mol. The lowest BCUT2D eigenvalue weighted by Crippen LogP contribution is -1.82. The topological polar surface area (TPSA) is 15.8 Å². The van der Waals surface area contributed by atoms with Gasteiger partial charge in [-0.05, 0) is 23.8 Å². The molecule has 0 saturated heterocycles. The first-order valence-electron chi connectivity index (χ1n) is 4.29. The van der Waals surface area contributed by atoms with E-state index in [1.807, 2.05) is 18.3 Å². The Hall–Kier alpha value is -1.09. The molecule has 0 aliphatic carbocycles. The molecule has 0 spiro atoms. The molecule has 0 atom stereocenters. The Kier molecular flexibility index (Phi) is 2.68. The number of hydrogen-bond donors (Lipinski definition) is 1. The zero-order valence-corrected chi connectivity index (χ0v) is 9.01. The first-order valence-corrected chi connectivity index (χ1v) is 5.41. The van der Waals surface area contributed by atoms with E-state index < -0.39 is 0 Å². The van der Waals surface area contributed by atoms with Crippen LogP contribution in [0.5, 0.6) is 0 Å². The molecule has 3 heteroatoms. The summed E-state index contributed by atoms with van der Waals surface area (Å²) < 4.78 is 13.4. The van der Waals surface area contributed by atoms with Crippen molar-refractivity contribution in [1.82, 2.24) is 4.98 Å². The van der Waals surface area contributed by atoms with Crippen molar-refractivity contribution in [3.05, 3.63) is 47.9 Å². The number of aromatic amines is 1. The third-order valence-electron chi connectivity index (χ3n) is 2.06. The summed E-state index contributed by atoms with van der Waals surface area (Å²) in [5.41, 5.74) is 2.54. The standard InChI is InChI=1S/C11H9BrFN/c12-6-8-5-11(14-7-8)9-3-1-2-4-10(9)13/h1-5,7,14H,6H2. The van der Waals surface area contributed by atoms with Crippen molar-refractivity contribution >= 4 is 15.9 Å². The van der Waals surface area contributed by atoms with Gasteiger partial charge in [0, 0.05) is 22.8 Å². The number of alkyl halides is 1. The van der Waals surface area contributed by atoms with Crippen molar-refractivity contribution in [1.29, 1.82) is 0 Å². The van der Waals surface area contributed by atoms with E-state index in [9.17, 15) is 4.39 Å². The highest BCUT2D eigenvalue weighted by Crippen LogP contribution is 2.22. The van der Waals surface area contributed by atoms with Gasteiger partial charge in [-0.3, -0.25) is 0 Å². The van der Waals surface area contributed by atoms with Gasteiger partial charge in [-0.1, -0.05) is 28.1 Å². The van der Waals surface area contributed by atoms with Crippen LogP contribution in [0.2, 0.25) is 0 Å². The molecule has 0 amide bonds. The lowest BCUT2D eigenvalue weighted by Gasteiger charge is -1.98. The minimum absolute atomic E-state index is 0.199. The molecular formula is C11H9BrFN. The molecule has 72 valence electrons. The van der Waals surface area contributed by atoms with Gasteiger partial charge in [-0.15, -0.1) is 0 Å². The maximum Gasteiger partial charge on any atom is 0.132 e. The summed E-state index contributed by atoms with van der Waals surface area (Å²) in [7, 11) is 0. The van der Waals surface area contributed by atoms with Crippen LogP contribution < -0.4 is 0 Å². The molecule has 0 radical (unpaired) electrons. The summed E-state index contributed by atoms with van der Waals surface area (Å²) >= 11 is 3.35. The van der Waals surface area contributed by atoms with Gasteiger partial charge in [-0.2, -0.15) is 0 Å². The van der Waals surface area contributed by atoms with Gasteiger partial charge in [0.25, 0.3) is 0 Å². The molecule has 0 saturated carbocycles. The number of hydrogen-bond acceptors (Lipinski definition) is 0. The van der Waals surface area contributed by atoms with Crippen molar-refractivity contribution in [3.8, 4) is 11.3 Å². The molecule has 1 heterocycles. The summed E-state index contributed by atoms with van der Waals surface area (Å²) in [6, 6.07) is 8.68. The molecule has 2 rings (SSSR count). The third-order valence-corrected chi connectivity index (χ3v) is 2.71. The molecule has 0 unspecified atom stereocenters. The lowest BCUT2D eigenvalue weighted by molar-refractivity contribution is 0.631. The molecule has 1 nitrogen and oxygen atoms in total. The average molecular weight is 254 g/mol. The van der Waals surface area contributed by atoms with Crippen LogP contribution in [0.4, 0.5) is 4.39 Å². The molecule has 1 aromatic carbocycles. The Morgan fingerprint density at radius 3 is 2.71 bits per heavy atom. The minimum atomic E-state index is -0.199. The van der Waals surface area contributed by atoms with Gasteiger partial charge in [0.2, 0.25) is 0 Å². The van der Waals surface area contributed by atoms with Gasteiger partial charge in [0.05, 0.1) is 0 Å². The first-order chi connectivity index (χ1) is 6.81. The third kappa shape index (κ3) is 1.73. The van der Waals surface area contributed by atoms with Crippen LogP contribution in [0.3, 0.4) is 0 Å². The number of benzene rings is 1. The van der Waals surface area contributed by atoms with Crippen LogP contribution in [0, 0.1) is 5.82 Å². The second-order valence-electron chi connectivity index (χ2n) is 3.04. The lowest BCUT2D eigenvalue weighted by atomic mass is 10.1. The number of nitrogens with one attached hydrogen (secondary N) is 1. The van der Waals surface area contributed by atoms with Crippen LogP contribution in [-0.4, -0.2) is 4.98 Å². The minimum Gasteiger partial charge on any atom is -0.361 e. The zero-order valence-electron chi connectivity index (χ0n) is 7.43. The summed E-state index contributed by atoms with van der Waals surface area (Å²) in [5.74, 6) is -0.199. The molecule has 1 aromatic heterocycles. The highest BCUT2D eigenvalue weighted by atomic mass is 79.9. The predicted molar refractivity (Wildman–Crippen MR) is 58.8 cm³/mol. The van der Waals surface area contributed by atoms with Crippen molar-refractivity contribution in [2.75, 3.05) is 0 Å². The van der Waals surface area contributed by atoms with Gasteiger partial charge < -0.3 is 4.98 Å². The predicted octanol–water partition coefficient (Wildman–Crippen LogP) is 3.72. The highest BCUT2D eigenvalue weighted by molar-refractivity contribution is 9.08. The van der Waals surface area contributed by atoms with E-state index in [0.717, 1.165) is 16.6 Å². The Balaban J connectivity index is 2.44. The summed E-state index contributed by atoms with van der Waals surface area (Å²) in [6.07, 6.45) is 1.87. The van der Waals surface area contributed by atoms with Gasteiger partial charge >= 0.3 is 0 Å². The highest BCUT2D eigenvalue weighted by Gasteiger charge is 2.05. The Labute approximate surface area is 90.1 Å². The fourth-order valence-electron chi connectivity index (χ4n) is 1.35. The van der Waals surface area contributed by atoms with E-state index in [4.69, 9.17) is 0 Å². The van der Waals surface area contributed by atoms with Crippen LogP contribution in [-0.2, 0) is 5.33 Å². The van der Waals surface area contributed by atoms with Gasteiger partial charge in [0.15, 0.2) is 0 Å². The molecule has 0 aliphatic rings. The van der Waals surface area contributed by atoms with E-state index in [2.05, 4.69) is 20.9 Å². The van der Waals surface area contributed by atoms with E-state index in [1.54, 1.807) is 12.1 Å². The van der Waals surface area contributed by atoms with Gasteiger partial charge in [0.1, 0.15) is 5.82 Å². The summed E-state index contributed by atoms with van der Waals surface area (Å²) in [4.78, 5) is 3.04. The normalized spacial score (nSPS) is 10.4. The fraction of sp³-hybridized carbons (Fsp3) is 0.0909. The molecule has 0 aliphatic heterocycles. The largest absolute Gasteiger partial charge is 0.361 e. The number of H-pyrrole nitrogens is 1. The SMILES string of the molecule is Fc1ccccc1-c1cc(CBr)c[nH]1. The Bertz CT molecular complexity index is 436. The second-order valence-corrected chi connectivity index (χ2v) is 3.60. The Morgan fingerprint density at radius 1 is 1.29 bits per heavy atom. The second kappa shape index (κ2) is 3.96. The maximum atomic E-state index is 13.4. The summed E-state index contributed by atoms with van der Waals surface area (Å²) in [6.45, 7) is 0. The molecule has 14 heavy (non-hydrogen) atoms. The Morgan fingerprint density at radius 2 is 2.07 bits per heavy atom. The van der Waals surface area contributed by atoms with Crippen molar-refractivity contribution < 1.29 is 4.39 Å². The first kappa shape index (κ1) is 9.46. The summed E-state index contributed by atoms with van der Waals surface area (Å²) in [5, 5.41) is 0.776.